The van der Waals surface area contributed by atoms with Crippen LogP contribution >= 0.6 is 11.6 Å². The molecule has 0 aliphatic carbocycles. The summed E-state index contributed by atoms with van der Waals surface area (Å²) in [6.07, 6.45) is 2.39. The van der Waals surface area contributed by atoms with Crippen molar-refractivity contribution in [2.75, 3.05) is 29.9 Å². The lowest BCUT2D eigenvalue weighted by atomic mass is 9.98. The average molecular weight is 308 g/mol. The first-order chi connectivity index (χ1) is 10.1. The Bertz CT molecular complexity index is 553. The summed E-state index contributed by atoms with van der Waals surface area (Å²) in [5.41, 5.74) is 2.89. The first-order valence-electron chi connectivity index (χ1n) is 7.72. The van der Waals surface area contributed by atoms with Gasteiger partial charge in [0.05, 0.1) is 10.7 Å². The molecule has 1 amide bonds. The van der Waals surface area contributed by atoms with Crippen LogP contribution in [-0.4, -0.2) is 25.5 Å². The van der Waals surface area contributed by atoms with Crippen LogP contribution in [0.15, 0.2) is 12.1 Å². The van der Waals surface area contributed by atoms with Gasteiger partial charge in [0.25, 0.3) is 0 Å². The van der Waals surface area contributed by atoms with E-state index in [1.165, 1.54) is 12.8 Å². The van der Waals surface area contributed by atoms with Gasteiger partial charge in [-0.25, -0.2) is 0 Å². The van der Waals surface area contributed by atoms with Crippen LogP contribution < -0.4 is 15.5 Å². The van der Waals surface area contributed by atoms with Crippen molar-refractivity contribution >= 4 is 28.9 Å². The number of benzene rings is 1. The smallest absolute Gasteiger partial charge is 0.246 e. The number of halogens is 1. The van der Waals surface area contributed by atoms with Crippen LogP contribution in [0.2, 0.25) is 5.02 Å². The molecule has 0 spiro atoms. The molecule has 2 N–H and O–H groups in total. The quantitative estimate of drug-likeness (QED) is 0.901. The zero-order chi connectivity index (χ0) is 15.0. The van der Waals surface area contributed by atoms with Crippen LogP contribution in [0, 0.1) is 5.92 Å². The first kappa shape index (κ1) is 14.7. The third-order valence-corrected chi connectivity index (χ3v) is 4.79. The lowest BCUT2D eigenvalue weighted by Crippen LogP contribution is -2.33. The molecule has 2 aliphatic heterocycles. The van der Waals surface area contributed by atoms with Crippen molar-refractivity contribution in [2.24, 2.45) is 5.92 Å². The highest BCUT2D eigenvalue weighted by Gasteiger charge is 2.31. The number of nitrogens with zero attached hydrogens (tertiary/aromatic N) is 1. The van der Waals surface area contributed by atoms with Crippen LogP contribution in [0.1, 0.15) is 38.3 Å². The topological polar surface area (TPSA) is 44.4 Å². The van der Waals surface area contributed by atoms with E-state index >= 15 is 0 Å². The fourth-order valence-electron chi connectivity index (χ4n) is 3.17. The molecule has 1 fully saturated rings. The monoisotopic (exact) mass is 307 g/mol. The van der Waals surface area contributed by atoms with Gasteiger partial charge in [0.2, 0.25) is 5.91 Å². The summed E-state index contributed by atoms with van der Waals surface area (Å²) in [7, 11) is 0. The summed E-state index contributed by atoms with van der Waals surface area (Å²) < 4.78 is 0. The van der Waals surface area contributed by atoms with Gasteiger partial charge in [-0.05, 0) is 37.4 Å². The molecule has 0 saturated carbocycles. The number of carbonyl (C=O) groups is 1. The molecule has 1 aromatic carbocycles. The number of fused-ring (bicyclic) bond motifs is 1. The molecule has 0 bridgehead atoms. The second-order valence-corrected chi connectivity index (χ2v) is 6.45. The number of piperidine rings is 1. The SMILES string of the molecule is CCNC1C(=O)Nc2cc(N3CCC(C)CC3)c(Cl)cc21. The molecule has 1 saturated heterocycles. The van der Waals surface area contributed by atoms with Crippen molar-refractivity contribution in [3.63, 3.8) is 0 Å². The van der Waals surface area contributed by atoms with E-state index in [2.05, 4.69) is 22.5 Å². The van der Waals surface area contributed by atoms with Gasteiger partial charge >= 0.3 is 0 Å². The highest BCUT2D eigenvalue weighted by molar-refractivity contribution is 6.33. The van der Waals surface area contributed by atoms with Crippen molar-refractivity contribution in [3.05, 3.63) is 22.7 Å². The molecule has 1 atom stereocenters. The second kappa shape index (κ2) is 5.85. The summed E-state index contributed by atoms with van der Waals surface area (Å²) in [6.45, 7) is 7.11. The number of amides is 1. The number of hydrogen-bond acceptors (Lipinski definition) is 3. The molecule has 1 aromatic rings. The highest BCUT2D eigenvalue weighted by atomic mass is 35.5. The van der Waals surface area contributed by atoms with Crippen molar-refractivity contribution in [2.45, 2.75) is 32.7 Å². The molecule has 0 aromatic heterocycles. The Morgan fingerprint density at radius 1 is 1.38 bits per heavy atom. The molecule has 1 unspecified atom stereocenters. The summed E-state index contributed by atoms with van der Waals surface area (Å²) in [6, 6.07) is 3.69. The minimum Gasteiger partial charge on any atom is -0.370 e. The number of likely N-dealkylation sites (N-methyl/N-ethyl adjacent to an activating group) is 1. The van der Waals surface area contributed by atoms with Crippen molar-refractivity contribution in [1.29, 1.82) is 0 Å². The summed E-state index contributed by atoms with van der Waals surface area (Å²) in [5.74, 6) is 0.791. The maximum atomic E-state index is 12.0. The van der Waals surface area contributed by atoms with Gasteiger partial charge in [0.1, 0.15) is 6.04 Å². The maximum Gasteiger partial charge on any atom is 0.246 e. The Morgan fingerprint density at radius 3 is 2.76 bits per heavy atom. The highest BCUT2D eigenvalue weighted by Crippen LogP contribution is 2.39. The first-order valence-corrected chi connectivity index (χ1v) is 8.10. The minimum absolute atomic E-state index is 0.00679. The third-order valence-electron chi connectivity index (χ3n) is 4.48. The summed E-state index contributed by atoms with van der Waals surface area (Å²) in [5, 5.41) is 6.90. The fraction of sp³-hybridized carbons (Fsp3) is 0.562. The van der Waals surface area contributed by atoms with Gasteiger partial charge in [0, 0.05) is 24.3 Å². The van der Waals surface area contributed by atoms with E-state index in [4.69, 9.17) is 11.6 Å². The van der Waals surface area contributed by atoms with Gasteiger partial charge in [-0.15, -0.1) is 0 Å². The number of carbonyl (C=O) groups excluding carboxylic acids is 1. The minimum atomic E-state index is -0.280. The third kappa shape index (κ3) is 2.74. The molecular formula is C16H22ClN3O. The summed E-state index contributed by atoms with van der Waals surface area (Å²) in [4.78, 5) is 14.4. The Kier molecular flexibility index (Phi) is 4.09. The van der Waals surface area contributed by atoms with Crippen LogP contribution in [0.5, 0.6) is 0 Å². The van der Waals surface area contributed by atoms with E-state index in [-0.39, 0.29) is 11.9 Å². The zero-order valence-electron chi connectivity index (χ0n) is 12.6. The van der Waals surface area contributed by atoms with Crippen LogP contribution in [-0.2, 0) is 4.79 Å². The van der Waals surface area contributed by atoms with Crippen molar-refractivity contribution < 1.29 is 4.79 Å². The predicted octanol–water partition coefficient (Wildman–Crippen LogP) is 3.18. The maximum absolute atomic E-state index is 12.0. The van der Waals surface area contributed by atoms with Gasteiger partial charge in [-0.2, -0.15) is 0 Å². The van der Waals surface area contributed by atoms with E-state index in [1.54, 1.807) is 0 Å². The Hall–Kier alpha value is -1.26. The van der Waals surface area contributed by atoms with Crippen LogP contribution in [0.4, 0.5) is 11.4 Å². The Labute approximate surface area is 130 Å². The second-order valence-electron chi connectivity index (χ2n) is 6.04. The number of anilines is 2. The normalized spacial score (nSPS) is 22.3. The molecular weight excluding hydrogens is 286 g/mol. The van der Waals surface area contributed by atoms with E-state index in [0.717, 1.165) is 47.5 Å². The van der Waals surface area contributed by atoms with Crippen molar-refractivity contribution in [3.8, 4) is 0 Å². The number of hydrogen-bond donors (Lipinski definition) is 2. The Morgan fingerprint density at radius 2 is 2.10 bits per heavy atom. The molecule has 2 heterocycles. The molecule has 114 valence electrons. The van der Waals surface area contributed by atoms with Crippen molar-refractivity contribution in [1.82, 2.24) is 5.32 Å². The van der Waals surface area contributed by atoms with Crippen LogP contribution in [0.25, 0.3) is 0 Å². The van der Waals surface area contributed by atoms with Gasteiger partial charge in [-0.3, -0.25) is 4.79 Å². The number of rotatable bonds is 3. The van der Waals surface area contributed by atoms with Crippen LogP contribution in [0.3, 0.4) is 0 Å². The van der Waals surface area contributed by atoms with E-state index in [0.29, 0.717) is 0 Å². The van der Waals surface area contributed by atoms with E-state index in [1.807, 2.05) is 19.1 Å². The van der Waals surface area contributed by atoms with E-state index < -0.39 is 0 Å². The van der Waals surface area contributed by atoms with E-state index in [9.17, 15) is 4.79 Å². The Balaban J connectivity index is 1.89. The molecule has 21 heavy (non-hydrogen) atoms. The zero-order valence-corrected chi connectivity index (χ0v) is 13.3. The predicted molar refractivity (Wildman–Crippen MR) is 87.1 cm³/mol. The molecule has 4 nitrogen and oxygen atoms in total. The average Bonchev–Trinajstić information content (AvgIpc) is 2.76. The summed E-state index contributed by atoms with van der Waals surface area (Å²) >= 11 is 6.48. The number of nitrogens with one attached hydrogen (secondary N) is 2. The fourth-order valence-corrected chi connectivity index (χ4v) is 3.46. The molecule has 2 aliphatic rings. The molecule has 3 rings (SSSR count). The van der Waals surface area contributed by atoms with Gasteiger partial charge < -0.3 is 15.5 Å². The standard InChI is InChI=1S/C16H22ClN3O/c1-3-18-15-11-8-12(17)14(9-13(11)19-16(15)21)20-6-4-10(2)5-7-20/h8-10,15,18H,3-7H2,1-2H3,(H,19,21). The van der Waals surface area contributed by atoms with Gasteiger partial charge in [0.15, 0.2) is 0 Å². The largest absolute Gasteiger partial charge is 0.370 e. The van der Waals surface area contributed by atoms with Gasteiger partial charge in [-0.1, -0.05) is 25.4 Å². The molecule has 0 radical (unpaired) electrons. The molecule has 5 heteroatoms. The lowest BCUT2D eigenvalue weighted by Gasteiger charge is -2.33. The lowest BCUT2D eigenvalue weighted by molar-refractivity contribution is -0.117.